The van der Waals surface area contributed by atoms with E-state index in [0.29, 0.717) is 13.1 Å². The van der Waals surface area contributed by atoms with Gasteiger partial charge < -0.3 is 10.6 Å². The van der Waals surface area contributed by atoms with E-state index in [1.165, 1.54) is 0 Å². The maximum absolute atomic E-state index is 11.8. The van der Waals surface area contributed by atoms with Crippen LogP contribution in [0.15, 0.2) is 0 Å². The summed E-state index contributed by atoms with van der Waals surface area (Å²) in [5.74, 6) is 2.74. The highest BCUT2D eigenvalue weighted by Crippen LogP contribution is 2.08. The summed E-state index contributed by atoms with van der Waals surface area (Å²) in [6, 6.07) is -0.121. The molecule has 1 amide bonds. The Hall–Kier alpha value is -1.05. The van der Waals surface area contributed by atoms with Gasteiger partial charge in [0.25, 0.3) is 0 Å². The molecule has 1 saturated heterocycles. The Morgan fingerprint density at radius 2 is 2.53 bits per heavy atom. The Morgan fingerprint density at radius 3 is 3.13 bits per heavy atom. The second-order valence-corrected chi connectivity index (χ2v) is 3.69. The largest absolute Gasteiger partial charge is 0.355 e. The minimum Gasteiger partial charge on any atom is -0.355 e. The number of carbonyl (C=O) groups excluding carboxylic acids is 1. The Bertz CT molecular complexity index is 259. The third-order valence-corrected chi connectivity index (χ3v) is 2.68. The number of nitrogens with one attached hydrogen (secondary N) is 2. The molecular weight excluding hydrogens is 190 g/mol. The summed E-state index contributed by atoms with van der Waals surface area (Å²) in [6.45, 7) is 6.93. The molecule has 0 aromatic carbocycles. The number of amides is 1. The van der Waals surface area contributed by atoms with Crippen LogP contribution < -0.4 is 10.6 Å². The highest BCUT2D eigenvalue weighted by Gasteiger charge is 2.30. The molecule has 0 radical (unpaired) electrons. The van der Waals surface area contributed by atoms with Crippen molar-refractivity contribution >= 4 is 5.91 Å². The molecule has 1 fully saturated rings. The zero-order valence-corrected chi connectivity index (χ0v) is 9.42. The Labute approximate surface area is 91.4 Å². The summed E-state index contributed by atoms with van der Waals surface area (Å²) >= 11 is 0. The van der Waals surface area contributed by atoms with Gasteiger partial charge in [0.2, 0.25) is 5.91 Å². The molecule has 0 aliphatic carbocycles. The van der Waals surface area contributed by atoms with Crippen molar-refractivity contribution in [3.8, 4) is 12.3 Å². The molecule has 4 heteroatoms. The molecule has 1 rings (SSSR count). The predicted molar refractivity (Wildman–Crippen MR) is 60.3 cm³/mol. The van der Waals surface area contributed by atoms with E-state index >= 15 is 0 Å². The van der Waals surface area contributed by atoms with Gasteiger partial charge in [-0.25, -0.2) is 0 Å². The first kappa shape index (κ1) is 12.0. The standard InChI is InChI=1S/C11H19N3O/c1-4-9(3)14-7-6-12-8-10(14)11(15)13-5-2/h1,9-10,12H,5-8H2,2-3H3,(H,13,15). The smallest absolute Gasteiger partial charge is 0.238 e. The van der Waals surface area contributed by atoms with Crippen LogP contribution in [0.1, 0.15) is 13.8 Å². The number of nitrogens with zero attached hydrogens (tertiary/aromatic N) is 1. The van der Waals surface area contributed by atoms with Crippen LogP contribution in [0, 0.1) is 12.3 Å². The van der Waals surface area contributed by atoms with E-state index in [2.05, 4.69) is 21.5 Å². The first-order valence-corrected chi connectivity index (χ1v) is 5.41. The number of carbonyl (C=O) groups is 1. The second kappa shape index (κ2) is 5.74. The van der Waals surface area contributed by atoms with Crippen molar-refractivity contribution < 1.29 is 4.79 Å². The van der Waals surface area contributed by atoms with Gasteiger partial charge in [-0.3, -0.25) is 9.69 Å². The molecule has 1 aliphatic heterocycles. The fourth-order valence-corrected chi connectivity index (χ4v) is 1.81. The maximum atomic E-state index is 11.8. The van der Waals surface area contributed by atoms with Crippen molar-refractivity contribution in [2.45, 2.75) is 25.9 Å². The van der Waals surface area contributed by atoms with Crippen molar-refractivity contribution in [1.29, 1.82) is 0 Å². The fourth-order valence-electron chi connectivity index (χ4n) is 1.81. The number of hydrogen-bond acceptors (Lipinski definition) is 3. The number of piperazine rings is 1. The lowest BCUT2D eigenvalue weighted by atomic mass is 10.1. The van der Waals surface area contributed by atoms with Gasteiger partial charge in [0.05, 0.1) is 6.04 Å². The number of hydrogen-bond donors (Lipinski definition) is 2. The lowest BCUT2D eigenvalue weighted by molar-refractivity contribution is -0.127. The Balaban J connectivity index is 2.65. The molecule has 15 heavy (non-hydrogen) atoms. The van der Waals surface area contributed by atoms with Gasteiger partial charge in [0.15, 0.2) is 0 Å². The highest BCUT2D eigenvalue weighted by atomic mass is 16.2. The van der Waals surface area contributed by atoms with Gasteiger partial charge in [-0.1, -0.05) is 5.92 Å². The Kier molecular flexibility index (Phi) is 4.60. The van der Waals surface area contributed by atoms with E-state index in [0.717, 1.165) is 13.1 Å². The van der Waals surface area contributed by atoms with Crippen LogP contribution >= 0.6 is 0 Å². The molecular formula is C11H19N3O. The van der Waals surface area contributed by atoms with Crippen molar-refractivity contribution in [3.05, 3.63) is 0 Å². The minimum absolute atomic E-state index is 0.0136. The van der Waals surface area contributed by atoms with Crippen LogP contribution in [0.3, 0.4) is 0 Å². The van der Waals surface area contributed by atoms with Crippen LogP contribution in [-0.4, -0.2) is 49.1 Å². The van der Waals surface area contributed by atoms with Crippen molar-refractivity contribution in [2.75, 3.05) is 26.2 Å². The molecule has 2 unspecified atom stereocenters. The fraction of sp³-hybridized carbons (Fsp3) is 0.727. The summed E-state index contributed by atoms with van der Waals surface area (Å²) < 4.78 is 0. The Morgan fingerprint density at radius 1 is 1.80 bits per heavy atom. The maximum Gasteiger partial charge on any atom is 0.238 e. The van der Waals surface area contributed by atoms with Gasteiger partial charge in [0, 0.05) is 26.2 Å². The third-order valence-electron chi connectivity index (χ3n) is 2.68. The van der Waals surface area contributed by atoms with Gasteiger partial charge >= 0.3 is 0 Å². The van der Waals surface area contributed by atoms with Crippen LogP contribution in [0.5, 0.6) is 0 Å². The molecule has 84 valence electrons. The van der Waals surface area contributed by atoms with Crippen LogP contribution in [-0.2, 0) is 4.79 Å². The molecule has 0 saturated carbocycles. The van der Waals surface area contributed by atoms with E-state index in [9.17, 15) is 4.79 Å². The van der Waals surface area contributed by atoms with Crippen LogP contribution in [0.2, 0.25) is 0 Å². The SMILES string of the molecule is C#CC(C)N1CCNCC1C(=O)NCC. The van der Waals surface area contributed by atoms with E-state index in [1.54, 1.807) is 0 Å². The molecule has 2 atom stereocenters. The van der Waals surface area contributed by atoms with E-state index < -0.39 is 0 Å². The zero-order chi connectivity index (χ0) is 11.3. The van der Waals surface area contributed by atoms with Gasteiger partial charge in [0.1, 0.15) is 6.04 Å². The number of rotatable bonds is 3. The van der Waals surface area contributed by atoms with Crippen LogP contribution in [0.25, 0.3) is 0 Å². The van der Waals surface area contributed by atoms with E-state index in [-0.39, 0.29) is 18.0 Å². The zero-order valence-electron chi connectivity index (χ0n) is 9.42. The lowest BCUT2D eigenvalue weighted by Crippen LogP contribution is -2.60. The van der Waals surface area contributed by atoms with Gasteiger partial charge in [-0.05, 0) is 13.8 Å². The summed E-state index contributed by atoms with van der Waals surface area (Å²) in [5.41, 5.74) is 0. The third kappa shape index (κ3) is 2.95. The molecule has 1 heterocycles. The highest BCUT2D eigenvalue weighted by molar-refractivity contribution is 5.82. The molecule has 0 aromatic rings. The first-order valence-electron chi connectivity index (χ1n) is 5.41. The minimum atomic E-state index is -0.134. The first-order chi connectivity index (χ1) is 7.20. The van der Waals surface area contributed by atoms with Crippen molar-refractivity contribution in [3.63, 3.8) is 0 Å². The monoisotopic (exact) mass is 209 g/mol. The molecule has 2 N–H and O–H groups in total. The van der Waals surface area contributed by atoms with Crippen molar-refractivity contribution in [2.24, 2.45) is 0 Å². The average Bonchev–Trinajstić information content (AvgIpc) is 2.28. The summed E-state index contributed by atoms with van der Waals surface area (Å²) in [6.07, 6.45) is 5.40. The summed E-state index contributed by atoms with van der Waals surface area (Å²) in [5, 5.41) is 6.05. The number of terminal acetylenes is 1. The molecule has 1 aliphatic rings. The number of likely N-dealkylation sites (N-methyl/N-ethyl adjacent to an activating group) is 1. The second-order valence-electron chi connectivity index (χ2n) is 3.69. The van der Waals surface area contributed by atoms with Crippen molar-refractivity contribution in [1.82, 2.24) is 15.5 Å². The van der Waals surface area contributed by atoms with E-state index in [1.807, 2.05) is 13.8 Å². The normalized spacial score (nSPS) is 24.2. The summed E-state index contributed by atoms with van der Waals surface area (Å²) in [7, 11) is 0. The molecule has 4 nitrogen and oxygen atoms in total. The molecule has 0 spiro atoms. The topological polar surface area (TPSA) is 44.4 Å². The average molecular weight is 209 g/mol. The molecule has 0 bridgehead atoms. The molecule has 0 aromatic heterocycles. The van der Waals surface area contributed by atoms with Gasteiger partial charge in [-0.2, -0.15) is 0 Å². The lowest BCUT2D eigenvalue weighted by Gasteiger charge is -2.37. The predicted octanol–water partition coefficient (Wildman–Crippen LogP) is -0.582. The quantitative estimate of drug-likeness (QED) is 0.611. The van der Waals surface area contributed by atoms with Gasteiger partial charge in [-0.15, -0.1) is 6.42 Å². The summed E-state index contributed by atoms with van der Waals surface area (Å²) in [4.78, 5) is 13.8. The van der Waals surface area contributed by atoms with E-state index in [4.69, 9.17) is 6.42 Å². The van der Waals surface area contributed by atoms with Crippen LogP contribution in [0.4, 0.5) is 0 Å².